The molecule has 116 valence electrons. The van der Waals surface area contributed by atoms with E-state index >= 15 is 0 Å². The van der Waals surface area contributed by atoms with Crippen LogP contribution in [0.3, 0.4) is 0 Å². The molecule has 0 radical (unpaired) electrons. The third kappa shape index (κ3) is 8.15. The number of nitrogens with one attached hydrogen (secondary N) is 1. The van der Waals surface area contributed by atoms with Crippen LogP contribution < -0.4 is 5.32 Å². The molecule has 4 nitrogen and oxygen atoms in total. The number of carbonyl (C=O) groups is 1. The van der Waals surface area contributed by atoms with Crippen LogP contribution in [0.1, 0.15) is 25.8 Å². The van der Waals surface area contributed by atoms with Crippen molar-refractivity contribution in [1.29, 1.82) is 0 Å². The number of carbonyl (C=O) groups excluding carboxylic acids is 1. The Kier molecular flexibility index (Phi) is 8.21. The number of ether oxygens (including phenoxy) is 2. The molecule has 1 rings (SSSR count). The summed E-state index contributed by atoms with van der Waals surface area (Å²) in [6.07, 6.45) is 2.19. The largest absolute Gasteiger partial charge is 0.449 e. The summed E-state index contributed by atoms with van der Waals surface area (Å²) in [7, 11) is 0. The Morgan fingerprint density at radius 1 is 1.29 bits per heavy atom. The van der Waals surface area contributed by atoms with Gasteiger partial charge in [0.1, 0.15) is 0 Å². The van der Waals surface area contributed by atoms with E-state index < -0.39 is 0 Å². The minimum atomic E-state index is -0.387. The standard InChI is InChI=1S/C17H25NO3/c1-4-8-16(13-21-17(19)18-14(2)3)12-20-11-15-9-6-5-7-10-15/h4-7,9-10,14,16H,1,8,11-13H2,2-3H3,(H,18,19)/t16-/m1/s1. The number of alkyl carbamates (subject to hydrolysis) is 1. The fourth-order valence-electron chi connectivity index (χ4n) is 1.81. The predicted octanol–water partition coefficient (Wildman–Crippen LogP) is 3.53. The second-order valence-corrected chi connectivity index (χ2v) is 5.29. The second-order valence-electron chi connectivity index (χ2n) is 5.29. The Hall–Kier alpha value is -1.81. The van der Waals surface area contributed by atoms with Gasteiger partial charge in [-0.2, -0.15) is 0 Å². The normalized spacial score (nSPS) is 12.0. The number of allylic oxidation sites excluding steroid dienone is 1. The molecule has 1 N–H and O–H groups in total. The molecule has 0 saturated carbocycles. The summed E-state index contributed by atoms with van der Waals surface area (Å²) in [6.45, 7) is 8.95. The summed E-state index contributed by atoms with van der Waals surface area (Å²) in [5, 5.41) is 2.69. The van der Waals surface area contributed by atoms with Crippen LogP contribution in [0.25, 0.3) is 0 Å². The highest BCUT2D eigenvalue weighted by molar-refractivity contribution is 5.67. The zero-order valence-corrected chi connectivity index (χ0v) is 12.9. The quantitative estimate of drug-likeness (QED) is 0.708. The summed E-state index contributed by atoms with van der Waals surface area (Å²) in [5.74, 6) is 0.129. The van der Waals surface area contributed by atoms with Gasteiger partial charge >= 0.3 is 6.09 Å². The van der Waals surface area contributed by atoms with E-state index in [0.29, 0.717) is 19.8 Å². The fraction of sp³-hybridized carbons (Fsp3) is 0.471. The number of rotatable bonds is 9. The van der Waals surface area contributed by atoms with Crippen molar-refractivity contribution in [1.82, 2.24) is 5.32 Å². The lowest BCUT2D eigenvalue weighted by molar-refractivity contribution is 0.0534. The minimum absolute atomic E-state index is 0.0738. The zero-order chi connectivity index (χ0) is 15.5. The first kappa shape index (κ1) is 17.2. The molecule has 0 aromatic heterocycles. The Bertz CT molecular complexity index is 417. The van der Waals surface area contributed by atoms with Gasteiger partial charge in [0.05, 0.1) is 19.8 Å². The van der Waals surface area contributed by atoms with Gasteiger partial charge in [-0.15, -0.1) is 6.58 Å². The van der Waals surface area contributed by atoms with Crippen molar-refractivity contribution in [3.8, 4) is 0 Å². The van der Waals surface area contributed by atoms with Crippen LogP contribution in [0.4, 0.5) is 4.79 Å². The Morgan fingerprint density at radius 3 is 2.62 bits per heavy atom. The molecule has 1 amide bonds. The van der Waals surface area contributed by atoms with Gasteiger partial charge in [0.25, 0.3) is 0 Å². The average Bonchev–Trinajstić information content (AvgIpc) is 2.45. The molecule has 0 saturated heterocycles. The van der Waals surface area contributed by atoms with E-state index in [0.717, 1.165) is 12.0 Å². The highest BCUT2D eigenvalue weighted by Crippen LogP contribution is 2.08. The van der Waals surface area contributed by atoms with Crippen LogP contribution in [0.15, 0.2) is 43.0 Å². The Balaban J connectivity index is 2.29. The predicted molar refractivity (Wildman–Crippen MR) is 84.0 cm³/mol. The van der Waals surface area contributed by atoms with Crippen molar-refractivity contribution in [3.05, 3.63) is 48.6 Å². The SMILES string of the molecule is C=CC[C@H](COCc1ccccc1)COC(=O)NC(C)C. The molecule has 1 atom stereocenters. The van der Waals surface area contributed by atoms with Crippen LogP contribution >= 0.6 is 0 Å². The molecule has 0 aliphatic carbocycles. The summed E-state index contributed by atoms with van der Waals surface area (Å²) >= 11 is 0. The summed E-state index contributed by atoms with van der Waals surface area (Å²) < 4.78 is 10.9. The average molecular weight is 291 g/mol. The summed E-state index contributed by atoms with van der Waals surface area (Å²) in [4.78, 5) is 11.5. The lowest BCUT2D eigenvalue weighted by atomic mass is 10.1. The monoisotopic (exact) mass is 291 g/mol. The van der Waals surface area contributed by atoms with Gasteiger partial charge in [-0.25, -0.2) is 4.79 Å². The third-order valence-electron chi connectivity index (χ3n) is 2.82. The first-order valence-electron chi connectivity index (χ1n) is 7.27. The molecule has 21 heavy (non-hydrogen) atoms. The molecule has 4 heteroatoms. The first-order chi connectivity index (χ1) is 10.1. The third-order valence-corrected chi connectivity index (χ3v) is 2.82. The maximum absolute atomic E-state index is 11.5. The van der Waals surface area contributed by atoms with E-state index in [1.165, 1.54) is 0 Å². The molecule has 1 aromatic rings. The van der Waals surface area contributed by atoms with Crippen LogP contribution in [0, 0.1) is 5.92 Å². The van der Waals surface area contributed by atoms with Crippen molar-refractivity contribution in [2.24, 2.45) is 5.92 Å². The van der Waals surface area contributed by atoms with Crippen molar-refractivity contribution in [2.75, 3.05) is 13.2 Å². The Morgan fingerprint density at radius 2 is 2.00 bits per heavy atom. The highest BCUT2D eigenvalue weighted by atomic mass is 16.5. The molecular formula is C17H25NO3. The highest BCUT2D eigenvalue weighted by Gasteiger charge is 2.11. The van der Waals surface area contributed by atoms with Crippen molar-refractivity contribution < 1.29 is 14.3 Å². The lowest BCUT2D eigenvalue weighted by Crippen LogP contribution is -2.32. The van der Waals surface area contributed by atoms with E-state index in [9.17, 15) is 4.79 Å². The van der Waals surface area contributed by atoms with Gasteiger partial charge in [0, 0.05) is 12.0 Å². The molecule has 1 aromatic carbocycles. The fourth-order valence-corrected chi connectivity index (χ4v) is 1.81. The van der Waals surface area contributed by atoms with Gasteiger partial charge < -0.3 is 14.8 Å². The maximum Gasteiger partial charge on any atom is 0.407 e. The lowest BCUT2D eigenvalue weighted by Gasteiger charge is -2.16. The molecule has 0 unspecified atom stereocenters. The molecule has 0 aliphatic rings. The van der Waals surface area contributed by atoms with Crippen LogP contribution in [-0.2, 0) is 16.1 Å². The van der Waals surface area contributed by atoms with Crippen molar-refractivity contribution >= 4 is 6.09 Å². The van der Waals surface area contributed by atoms with Gasteiger partial charge in [-0.05, 0) is 25.8 Å². The van der Waals surface area contributed by atoms with E-state index in [4.69, 9.17) is 9.47 Å². The first-order valence-corrected chi connectivity index (χ1v) is 7.27. The maximum atomic E-state index is 11.5. The number of amides is 1. The minimum Gasteiger partial charge on any atom is -0.449 e. The van der Waals surface area contributed by atoms with Gasteiger partial charge in [-0.1, -0.05) is 36.4 Å². The topological polar surface area (TPSA) is 47.6 Å². The number of hydrogen-bond acceptors (Lipinski definition) is 3. The zero-order valence-electron chi connectivity index (χ0n) is 12.9. The van der Waals surface area contributed by atoms with Crippen LogP contribution in [0.5, 0.6) is 0 Å². The Labute approximate surface area is 127 Å². The smallest absolute Gasteiger partial charge is 0.407 e. The molecule has 0 bridgehead atoms. The summed E-state index contributed by atoms with van der Waals surface area (Å²) in [6, 6.07) is 10.1. The second kappa shape index (κ2) is 10.00. The summed E-state index contributed by atoms with van der Waals surface area (Å²) in [5.41, 5.74) is 1.13. The molecule has 0 aliphatic heterocycles. The van der Waals surface area contributed by atoms with Crippen molar-refractivity contribution in [3.63, 3.8) is 0 Å². The van der Waals surface area contributed by atoms with E-state index in [1.54, 1.807) is 0 Å². The molecule has 0 heterocycles. The number of benzene rings is 1. The van der Waals surface area contributed by atoms with E-state index in [-0.39, 0.29) is 18.1 Å². The van der Waals surface area contributed by atoms with Crippen molar-refractivity contribution in [2.45, 2.75) is 32.9 Å². The van der Waals surface area contributed by atoms with Gasteiger partial charge in [0.2, 0.25) is 0 Å². The molecule has 0 spiro atoms. The number of hydrogen-bond donors (Lipinski definition) is 1. The van der Waals surface area contributed by atoms with Crippen LogP contribution in [-0.4, -0.2) is 25.3 Å². The van der Waals surface area contributed by atoms with Gasteiger partial charge in [0.15, 0.2) is 0 Å². The van der Waals surface area contributed by atoms with E-state index in [1.807, 2.05) is 50.3 Å². The van der Waals surface area contributed by atoms with E-state index in [2.05, 4.69) is 11.9 Å². The van der Waals surface area contributed by atoms with Gasteiger partial charge in [-0.3, -0.25) is 0 Å². The molecular weight excluding hydrogens is 266 g/mol. The molecule has 0 fully saturated rings. The van der Waals surface area contributed by atoms with Crippen LogP contribution in [0.2, 0.25) is 0 Å².